The van der Waals surface area contributed by atoms with Crippen LogP contribution in [0.4, 0.5) is 17.1 Å². The highest BCUT2D eigenvalue weighted by Crippen LogP contribution is 2.38. The standard InChI is InChI=1S/C59H49N5/c1-41-30-32-45(33-31-41)48-35-37-55-54-36-34-47(39-57(54)63(58(55)40-48)50-23-10-6-11-24-50)43(3)60-59(61-44(4)62(49-21-8-5-9-22-49)52-27-16-18-42(2)38-52)64(51-25-12-7-13-26-51)56-29-17-20-46-19-14-15-28-53(46)56/h5-17,19-40,42H,4,18H2,1-3H3. The average Bonchev–Trinajstić information content (AvgIpc) is 3.66. The fourth-order valence-electron chi connectivity index (χ4n) is 8.86. The summed E-state index contributed by atoms with van der Waals surface area (Å²) in [6.07, 6.45) is 7.69. The summed E-state index contributed by atoms with van der Waals surface area (Å²) >= 11 is 0. The summed E-state index contributed by atoms with van der Waals surface area (Å²) < 4.78 is 2.38. The zero-order valence-corrected chi connectivity index (χ0v) is 36.4. The van der Waals surface area contributed by atoms with Gasteiger partial charge in [-0.25, -0.2) is 4.99 Å². The van der Waals surface area contributed by atoms with E-state index in [2.05, 4.69) is 235 Å². The number of fused-ring (bicyclic) bond motifs is 4. The highest BCUT2D eigenvalue weighted by Gasteiger charge is 2.23. The van der Waals surface area contributed by atoms with Gasteiger partial charge in [-0.1, -0.05) is 171 Å². The molecule has 8 aromatic carbocycles. The van der Waals surface area contributed by atoms with Crippen LogP contribution >= 0.6 is 0 Å². The molecule has 64 heavy (non-hydrogen) atoms. The van der Waals surface area contributed by atoms with Gasteiger partial charge in [-0.3, -0.25) is 9.80 Å². The van der Waals surface area contributed by atoms with E-state index in [1.54, 1.807) is 0 Å². The average molecular weight is 828 g/mol. The minimum Gasteiger partial charge on any atom is -0.309 e. The van der Waals surface area contributed by atoms with Gasteiger partial charge in [0.05, 0.1) is 16.7 Å². The molecule has 0 saturated carbocycles. The molecule has 0 radical (unpaired) electrons. The molecular formula is C59H49N5. The van der Waals surface area contributed by atoms with Gasteiger partial charge in [0.15, 0.2) is 0 Å². The Balaban J connectivity index is 1.18. The summed E-state index contributed by atoms with van der Waals surface area (Å²) in [4.78, 5) is 15.4. The molecule has 9 aromatic rings. The van der Waals surface area contributed by atoms with E-state index in [0.29, 0.717) is 17.7 Å². The van der Waals surface area contributed by atoms with Gasteiger partial charge in [0.2, 0.25) is 5.96 Å². The van der Waals surface area contributed by atoms with E-state index < -0.39 is 0 Å². The number of guanidine groups is 1. The molecule has 0 fully saturated rings. The van der Waals surface area contributed by atoms with E-state index in [0.717, 1.165) is 67.9 Å². The minimum absolute atomic E-state index is 0.370. The molecule has 310 valence electrons. The van der Waals surface area contributed by atoms with Crippen LogP contribution in [0, 0.1) is 12.8 Å². The number of benzene rings is 8. The van der Waals surface area contributed by atoms with Gasteiger partial charge in [0, 0.05) is 44.6 Å². The van der Waals surface area contributed by atoms with Crippen molar-refractivity contribution in [3.63, 3.8) is 0 Å². The summed E-state index contributed by atoms with van der Waals surface area (Å²) in [5.74, 6) is 1.41. The molecule has 1 atom stereocenters. The topological polar surface area (TPSA) is 36.1 Å². The van der Waals surface area contributed by atoms with E-state index in [1.165, 1.54) is 27.5 Å². The quantitative estimate of drug-likeness (QED) is 0.107. The van der Waals surface area contributed by atoms with Crippen molar-refractivity contribution < 1.29 is 0 Å². The number of allylic oxidation sites excluding steroid dienone is 3. The fourth-order valence-corrected chi connectivity index (χ4v) is 8.86. The fraction of sp³-hybridized carbons (Fsp3) is 0.0847. The van der Waals surface area contributed by atoms with Crippen LogP contribution in [-0.2, 0) is 0 Å². The Hall–Kier alpha value is -8.02. The van der Waals surface area contributed by atoms with Crippen LogP contribution in [0.25, 0.3) is 49.4 Å². The molecule has 1 aliphatic carbocycles. The van der Waals surface area contributed by atoms with Crippen LogP contribution in [0.2, 0.25) is 0 Å². The van der Waals surface area contributed by atoms with Crippen molar-refractivity contribution in [3.05, 3.63) is 242 Å². The molecule has 0 aliphatic heterocycles. The second kappa shape index (κ2) is 17.4. The molecular weight excluding hydrogens is 779 g/mol. The molecule has 0 bridgehead atoms. The number of rotatable bonds is 9. The number of aryl methyl sites for hydroxylation is 1. The van der Waals surface area contributed by atoms with Crippen molar-refractivity contribution in [2.75, 3.05) is 9.80 Å². The largest absolute Gasteiger partial charge is 0.309 e. The number of hydrogen-bond donors (Lipinski definition) is 0. The molecule has 5 nitrogen and oxygen atoms in total. The summed E-state index contributed by atoms with van der Waals surface area (Å²) in [6.45, 7) is 11.1. The number of nitrogens with zero attached hydrogens (tertiary/aromatic N) is 5. The number of aliphatic imine (C=N–C) groups is 2. The molecule has 1 aromatic heterocycles. The molecule has 1 aliphatic rings. The van der Waals surface area contributed by atoms with Gasteiger partial charge in [0.1, 0.15) is 5.82 Å². The lowest BCUT2D eigenvalue weighted by molar-refractivity contribution is 0.724. The van der Waals surface area contributed by atoms with Crippen molar-refractivity contribution in [2.45, 2.75) is 27.2 Å². The lowest BCUT2D eigenvalue weighted by Crippen LogP contribution is -2.28. The Kier molecular flexibility index (Phi) is 10.9. The molecule has 1 unspecified atom stereocenters. The SMILES string of the molecule is C=C(N=C(N=C(C)c1ccc2c3ccc(-c4ccc(C)cc4)cc3n(-c3ccccc3)c2c1)N(c1ccccc1)c1cccc2ccccc12)N(C1=CC(C)CC=C1)c1ccccc1. The predicted molar refractivity (Wildman–Crippen MR) is 272 cm³/mol. The van der Waals surface area contributed by atoms with E-state index in [4.69, 9.17) is 16.6 Å². The smallest absolute Gasteiger partial charge is 0.236 e. The van der Waals surface area contributed by atoms with Crippen LogP contribution < -0.4 is 9.80 Å². The van der Waals surface area contributed by atoms with Crippen LogP contribution in [0.1, 0.15) is 31.4 Å². The first-order valence-corrected chi connectivity index (χ1v) is 22.0. The van der Waals surface area contributed by atoms with Crippen molar-refractivity contribution in [1.29, 1.82) is 0 Å². The Labute approximate surface area is 375 Å². The first-order chi connectivity index (χ1) is 31.4. The first kappa shape index (κ1) is 40.1. The maximum atomic E-state index is 5.57. The van der Waals surface area contributed by atoms with Gasteiger partial charge in [-0.15, -0.1) is 0 Å². The Morgan fingerprint density at radius 3 is 1.92 bits per heavy atom. The monoisotopic (exact) mass is 827 g/mol. The van der Waals surface area contributed by atoms with Gasteiger partial charge in [-0.2, -0.15) is 4.99 Å². The first-order valence-electron chi connectivity index (χ1n) is 22.0. The van der Waals surface area contributed by atoms with Crippen LogP contribution in [0.5, 0.6) is 0 Å². The maximum absolute atomic E-state index is 5.57. The molecule has 0 N–H and O–H groups in total. The summed E-state index contributed by atoms with van der Waals surface area (Å²) in [5.41, 5.74) is 12.7. The van der Waals surface area contributed by atoms with E-state index in [-0.39, 0.29) is 0 Å². The zero-order valence-electron chi connectivity index (χ0n) is 36.4. The van der Waals surface area contributed by atoms with E-state index in [9.17, 15) is 0 Å². The zero-order chi connectivity index (χ0) is 43.6. The summed E-state index contributed by atoms with van der Waals surface area (Å²) in [5, 5.41) is 4.59. The lowest BCUT2D eigenvalue weighted by Gasteiger charge is -2.30. The highest BCUT2D eigenvalue weighted by atomic mass is 15.3. The second-order valence-corrected chi connectivity index (χ2v) is 16.6. The summed E-state index contributed by atoms with van der Waals surface area (Å²) in [7, 11) is 0. The van der Waals surface area contributed by atoms with Crippen LogP contribution in [0.15, 0.2) is 240 Å². The molecule has 5 heteroatoms. The van der Waals surface area contributed by atoms with Gasteiger partial charge >= 0.3 is 0 Å². The Morgan fingerprint density at radius 1 is 0.594 bits per heavy atom. The van der Waals surface area contributed by atoms with Crippen molar-refractivity contribution in [3.8, 4) is 16.8 Å². The third kappa shape index (κ3) is 7.84. The molecule has 0 amide bonds. The molecule has 0 spiro atoms. The van der Waals surface area contributed by atoms with Crippen LogP contribution in [0.3, 0.4) is 0 Å². The van der Waals surface area contributed by atoms with Crippen molar-refractivity contribution in [1.82, 2.24) is 4.57 Å². The van der Waals surface area contributed by atoms with Gasteiger partial charge in [0.25, 0.3) is 0 Å². The minimum atomic E-state index is 0.370. The summed E-state index contributed by atoms with van der Waals surface area (Å²) in [6, 6.07) is 68.6. The second-order valence-electron chi connectivity index (χ2n) is 16.6. The predicted octanol–water partition coefficient (Wildman–Crippen LogP) is 15.4. The molecule has 1 heterocycles. The number of para-hydroxylation sites is 3. The molecule has 0 saturated heterocycles. The van der Waals surface area contributed by atoms with Crippen molar-refractivity contribution >= 4 is 61.3 Å². The number of aromatic nitrogens is 1. The van der Waals surface area contributed by atoms with Gasteiger partial charge < -0.3 is 4.57 Å². The number of hydrogen-bond acceptors (Lipinski definition) is 2. The van der Waals surface area contributed by atoms with E-state index >= 15 is 0 Å². The lowest BCUT2D eigenvalue weighted by atomic mass is 10.0. The van der Waals surface area contributed by atoms with Crippen LogP contribution in [-0.4, -0.2) is 16.2 Å². The van der Waals surface area contributed by atoms with E-state index in [1.807, 2.05) is 12.1 Å². The molecule has 10 rings (SSSR count). The third-order valence-electron chi connectivity index (χ3n) is 12.1. The van der Waals surface area contributed by atoms with Gasteiger partial charge in [-0.05, 0) is 109 Å². The maximum Gasteiger partial charge on any atom is 0.236 e. The highest BCUT2D eigenvalue weighted by molar-refractivity contribution is 6.17. The third-order valence-corrected chi connectivity index (χ3v) is 12.1. The normalized spacial score (nSPS) is 14.2. The Morgan fingerprint density at radius 2 is 1.20 bits per heavy atom. The van der Waals surface area contributed by atoms with Crippen molar-refractivity contribution in [2.24, 2.45) is 15.9 Å². The Bertz CT molecular complexity index is 3280. The number of anilines is 3.